The number of aromatic nitrogens is 1. The highest BCUT2D eigenvalue weighted by atomic mass is 32.2. The lowest BCUT2D eigenvalue weighted by Crippen LogP contribution is -2.05. The van der Waals surface area contributed by atoms with E-state index in [0.29, 0.717) is 6.10 Å². The zero-order valence-electron chi connectivity index (χ0n) is 13.0. The van der Waals surface area contributed by atoms with Crippen LogP contribution in [-0.2, 0) is 10.5 Å². The molecule has 1 aliphatic heterocycles. The number of fused-ring (bicyclic) bond motifs is 1. The van der Waals surface area contributed by atoms with Crippen LogP contribution in [0.2, 0.25) is 0 Å². The number of hydrogen-bond acceptors (Lipinski definition) is 3. The summed E-state index contributed by atoms with van der Waals surface area (Å²) in [5, 5.41) is 1.24. The third-order valence-electron chi connectivity index (χ3n) is 3.52. The van der Waals surface area contributed by atoms with E-state index in [9.17, 15) is 0 Å². The van der Waals surface area contributed by atoms with Crippen LogP contribution in [0, 0.1) is 0 Å². The van der Waals surface area contributed by atoms with Crippen LogP contribution < -0.4 is 0 Å². The fourth-order valence-corrected chi connectivity index (χ4v) is 3.44. The Labute approximate surface area is 132 Å². The Kier molecular flexibility index (Phi) is 7.04. The summed E-state index contributed by atoms with van der Waals surface area (Å²) in [6.07, 6.45) is 6.19. The molecule has 0 saturated carbocycles. The van der Waals surface area contributed by atoms with Crippen LogP contribution in [0.1, 0.15) is 38.7 Å². The molecule has 1 unspecified atom stereocenters. The van der Waals surface area contributed by atoms with E-state index < -0.39 is 0 Å². The minimum atomic E-state index is 0.516. The molecular formula is C18H25NOS. The Bertz CT molecular complexity index is 537. The van der Waals surface area contributed by atoms with E-state index in [2.05, 4.69) is 29.2 Å². The fraction of sp³-hybridized carbons (Fsp3) is 0.500. The van der Waals surface area contributed by atoms with Gasteiger partial charge in [-0.25, -0.2) is 0 Å². The van der Waals surface area contributed by atoms with Gasteiger partial charge in [0.1, 0.15) is 0 Å². The normalized spacial score (nSPS) is 17.5. The molecule has 3 heteroatoms. The second-order valence-electron chi connectivity index (χ2n) is 5.01. The van der Waals surface area contributed by atoms with Crippen molar-refractivity contribution in [1.82, 2.24) is 4.98 Å². The van der Waals surface area contributed by atoms with Gasteiger partial charge < -0.3 is 4.74 Å². The van der Waals surface area contributed by atoms with Crippen molar-refractivity contribution in [3.8, 4) is 0 Å². The molecule has 0 aliphatic carbocycles. The van der Waals surface area contributed by atoms with Crippen molar-refractivity contribution in [3.05, 3.63) is 42.1 Å². The first-order valence-electron chi connectivity index (χ1n) is 7.95. The van der Waals surface area contributed by atoms with Crippen molar-refractivity contribution in [2.45, 2.75) is 45.0 Å². The fourth-order valence-electron chi connectivity index (χ4n) is 2.47. The molecule has 2 aromatic rings. The number of hydrogen-bond donors (Lipinski definition) is 0. The summed E-state index contributed by atoms with van der Waals surface area (Å²) in [4.78, 5) is 4.50. The average Bonchev–Trinajstić information content (AvgIpc) is 3.07. The van der Waals surface area contributed by atoms with Gasteiger partial charge in [0.25, 0.3) is 0 Å². The molecule has 3 rings (SSSR count). The highest BCUT2D eigenvalue weighted by Crippen LogP contribution is 2.21. The third kappa shape index (κ3) is 5.01. The van der Waals surface area contributed by atoms with Crippen LogP contribution in [0.25, 0.3) is 10.9 Å². The maximum Gasteiger partial charge on any atom is 0.0702 e. The number of benzene rings is 1. The summed E-state index contributed by atoms with van der Waals surface area (Å²) in [6.45, 7) is 4.96. The largest absolute Gasteiger partial charge is 0.378 e. The van der Waals surface area contributed by atoms with Gasteiger partial charge in [-0.1, -0.05) is 32.0 Å². The number of ether oxygens (including phenoxy) is 1. The second kappa shape index (κ2) is 9.06. The van der Waals surface area contributed by atoms with Crippen LogP contribution in [0.3, 0.4) is 0 Å². The van der Waals surface area contributed by atoms with Gasteiger partial charge >= 0.3 is 0 Å². The molecule has 21 heavy (non-hydrogen) atoms. The first-order valence-corrected chi connectivity index (χ1v) is 9.10. The molecule has 0 amide bonds. The van der Waals surface area contributed by atoms with E-state index in [1.165, 1.54) is 36.0 Å². The predicted molar refractivity (Wildman–Crippen MR) is 92.8 cm³/mol. The quantitative estimate of drug-likeness (QED) is 0.720. The lowest BCUT2D eigenvalue weighted by molar-refractivity contribution is 0.109. The molecule has 0 radical (unpaired) electrons. The molecule has 1 fully saturated rings. The van der Waals surface area contributed by atoms with Crippen molar-refractivity contribution in [2.75, 3.05) is 12.4 Å². The van der Waals surface area contributed by atoms with E-state index in [4.69, 9.17) is 4.74 Å². The molecule has 2 nitrogen and oxygen atoms in total. The molecule has 0 bridgehead atoms. The van der Waals surface area contributed by atoms with Gasteiger partial charge in [0.2, 0.25) is 0 Å². The third-order valence-corrected chi connectivity index (χ3v) is 4.59. The molecular weight excluding hydrogens is 278 g/mol. The van der Waals surface area contributed by atoms with Gasteiger partial charge in [-0.05, 0) is 42.7 Å². The van der Waals surface area contributed by atoms with Gasteiger partial charge in [-0.2, -0.15) is 11.8 Å². The maximum absolute atomic E-state index is 5.64. The van der Waals surface area contributed by atoms with Crippen LogP contribution in [-0.4, -0.2) is 23.4 Å². The van der Waals surface area contributed by atoms with Crippen molar-refractivity contribution >= 4 is 22.7 Å². The second-order valence-corrected chi connectivity index (χ2v) is 6.12. The number of pyridine rings is 1. The van der Waals surface area contributed by atoms with Crippen LogP contribution in [0.5, 0.6) is 0 Å². The Hall–Kier alpha value is -1.06. The lowest BCUT2D eigenvalue weighted by atomic mass is 10.2. The molecule has 0 spiro atoms. The summed E-state index contributed by atoms with van der Waals surface area (Å²) in [7, 11) is 0. The number of rotatable bonds is 5. The predicted octanol–water partition coefficient (Wildman–Crippen LogP) is 5.06. The average molecular weight is 303 g/mol. The Morgan fingerprint density at radius 1 is 1.29 bits per heavy atom. The van der Waals surface area contributed by atoms with E-state index in [-0.39, 0.29) is 0 Å². The summed E-state index contributed by atoms with van der Waals surface area (Å²) >= 11 is 1.98. The van der Waals surface area contributed by atoms with Crippen LogP contribution in [0.15, 0.2) is 36.5 Å². The summed E-state index contributed by atoms with van der Waals surface area (Å²) in [6, 6.07) is 10.5. The van der Waals surface area contributed by atoms with Crippen molar-refractivity contribution in [1.29, 1.82) is 0 Å². The number of thioether (sulfide) groups is 1. The highest BCUT2D eigenvalue weighted by Gasteiger charge is 2.14. The lowest BCUT2D eigenvalue weighted by Gasteiger charge is -2.08. The number of para-hydroxylation sites is 1. The standard InChI is InChI=1S/C16H19NOS.C2H6/c1-2-6-16-14(4-1)10-13(11-17-16)12-19-9-7-15-5-3-8-18-15;1-2/h1-2,4,6,10-11,15H,3,5,7-9,12H2;1-2H3. The van der Waals surface area contributed by atoms with Gasteiger partial charge in [0, 0.05) is 23.9 Å². The van der Waals surface area contributed by atoms with Gasteiger partial charge in [-0.3, -0.25) is 4.98 Å². The smallest absolute Gasteiger partial charge is 0.0702 e. The Morgan fingerprint density at radius 3 is 2.95 bits per heavy atom. The first-order chi connectivity index (χ1) is 10.4. The van der Waals surface area contributed by atoms with Gasteiger partial charge in [0.15, 0.2) is 0 Å². The molecule has 1 atom stereocenters. The SMILES string of the molecule is CC.c1ccc2ncc(CSCCC3CCCO3)cc2c1. The van der Waals surface area contributed by atoms with Crippen LogP contribution >= 0.6 is 11.8 Å². The monoisotopic (exact) mass is 303 g/mol. The zero-order valence-corrected chi connectivity index (χ0v) is 13.9. The minimum absolute atomic E-state index is 0.516. The topological polar surface area (TPSA) is 22.1 Å². The van der Waals surface area contributed by atoms with E-state index >= 15 is 0 Å². The molecule has 114 valence electrons. The molecule has 0 N–H and O–H groups in total. The Morgan fingerprint density at radius 2 is 2.14 bits per heavy atom. The first kappa shape index (κ1) is 16.3. The van der Waals surface area contributed by atoms with Crippen LogP contribution in [0.4, 0.5) is 0 Å². The Balaban J connectivity index is 0.000000774. The van der Waals surface area contributed by atoms with Gasteiger partial charge in [-0.15, -0.1) is 0 Å². The van der Waals surface area contributed by atoms with E-state index in [0.717, 1.165) is 17.9 Å². The zero-order chi connectivity index (χ0) is 14.9. The van der Waals surface area contributed by atoms with E-state index in [1.807, 2.05) is 37.9 Å². The molecule has 1 aromatic heterocycles. The van der Waals surface area contributed by atoms with Gasteiger partial charge in [0.05, 0.1) is 11.6 Å². The summed E-state index contributed by atoms with van der Waals surface area (Å²) in [5.41, 5.74) is 2.40. The van der Waals surface area contributed by atoms with Crippen molar-refractivity contribution in [2.24, 2.45) is 0 Å². The summed E-state index contributed by atoms with van der Waals surface area (Å²) < 4.78 is 5.64. The highest BCUT2D eigenvalue weighted by molar-refractivity contribution is 7.98. The van der Waals surface area contributed by atoms with E-state index in [1.54, 1.807) is 0 Å². The maximum atomic E-state index is 5.64. The molecule has 2 heterocycles. The molecule has 1 saturated heterocycles. The minimum Gasteiger partial charge on any atom is -0.378 e. The summed E-state index contributed by atoms with van der Waals surface area (Å²) in [5.74, 6) is 2.22. The number of nitrogens with zero attached hydrogens (tertiary/aromatic N) is 1. The van der Waals surface area contributed by atoms with Crippen molar-refractivity contribution < 1.29 is 4.74 Å². The van der Waals surface area contributed by atoms with Crippen molar-refractivity contribution in [3.63, 3.8) is 0 Å². The molecule has 1 aromatic carbocycles. The molecule has 1 aliphatic rings.